The van der Waals surface area contributed by atoms with E-state index in [0.717, 1.165) is 0 Å². The van der Waals surface area contributed by atoms with Gasteiger partial charge in [0.2, 0.25) is 0 Å². The van der Waals surface area contributed by atoms with Crippen molar-refractivity contribution in [3.63, 3.8) is 0 Å². The molecule has 0 fully saturated rings. The van der Waals surface area contributed by atoms with Gasteiger partial charge in [-0.15, -0.1) is 0 Å². The minimum atomic E-state index is 0. The van der Waals surface area contributed by atoms with Gasteiger partial charge in [0.25, 0.3) is 0 Å². The van der Waals surface area contributed by atoms with Gasteiger partial charge >= 0.3 is 0 Å². The lowest BCUT2D eigenvalue weighted by Gasteiger charge is -1.92. The highest BCUT2D eigenvalue weighted by Crippen LogP contribution is 2.00. The van der Waals surface area contributed by atoms with Gasteiger partial charge < -0.3 is 0 Å². The molecule has 1 aromatic heterocycles. The summed E-state index contributed by atoms with van der Waals surface area (Å²) in [4.78, 5) is 3.95. The molecule has 0 saturated heterocycles. The average molecular weight is 210 g/mol. The summed E-state index contributed by atoms with van der Waals surface area (Å²) < 4.78 is 0. The zero-order valence-electron chi connectivity index (χ0n) is 9.76. The summed E-state index contributed by atoms with van der Waals surface area (Å²) in [5.41, 5.74) is 2.56. The summed E-state index contributed by atoms with van der Waals surface area (Å²) in [6, 6.07) is 2.01. The summed E-state index contributed by atoms with van der Waals surface area (Å²) in [6.07, 6.45) is 3.68. The van der Waals surface area contributed by atoms with Gasteiger partial charge in [-0.05, 0) is 31.0 Å². The summed E-state index contributed by atoms with van der Waals surface area (Å²) >= 11 is 0. The largest absolute Gasteiger partial charge is 0.264 e. The molecule has 0 spiro atoms. The molecule has 1 rings (SSSR count). The zero-order valence-corrected chi connectivity index (χ0v) is 9.76. The maximum Gasteiger partial charge on any atom is 0.0299 e. The lowest BCUT2D eigenvalue weighted by Crippen LogP contribution is -1.78. The van der Waals surface area contributed by atoms with Gasteiger partial charge in [0.05, 0.1) is 0 Å². The minimum absolute atomic E-state index is 0. The molecule has 0 aliphatic rings. The molecule has 1 nitrogen and oxygen atoms in total. The Bertz CT molecular complexity index is 167. The predicted molar refractivity (Wildman–Crippen MR) is 75.6 cm³/mol. The molecule has 0 atom stereocenters. The van der Waals surface area contributed by atoms with E-state index in [2.05, 4.69) is 18.8 Å². The lowest BCUT2D eigenvalue weighted by atomic mass is 10.2. The Morgan fingerprint density at radius 1 is 0.867 bits per heavy atom. The molecule has 1 aromatic rings. The first kappa shape index (κ1) is 29.2. The van der Waals surface area contributed by atoms with E-state index in [4.69, 9.17) is 0 Å². The van der Waals surface area contributed by atoms with Gasteiger partial charge in [-0.3, -0.25) is 4.98 Å². The molecule has 15 heavy (non-hydrogen) atoms. The van der Waals surface area contributed by atoms with Crippen molar-refractivity contribution in [2.45, 2.75) is 56.4 Å². The average Bonchev–Trinajstić information content (AvgIpc) is 2.17. The molecule has 3 radical (unpaired) electrons. The predicted octanol–water partition coefficient (Wildman–Crippen LogP) is 4.64. The zero-order chi connectivity index (χ0) is 9.98. The lowest BCUT2D eigenvalue weighted by molar-refractivity contribution is 1.22. The van der Waals surface area contributed by atoms with Crippen LogP contribution in [0.25, 0.3) is 0 Å². The van der Waals surface area contributed by atoms with E-state index < -0.39 is 0 Å². The maximum absolute atomic E-state index is 3.95. The molecule has 2 heteroatoms. The molecule has 0 amide bonds. The number of nitrogens with zero attached hydrogens (tertiary/aromatic N) is 1. The summed E-state index contributed by atoms with van der Waals surface area (Å²) in [5.74, 6) is 0. The van der Waals surface area contributed by atoms with Crippen LogP contribution in [-0.4, -0.2) is 13.4 Å². The standard InChI is InChI=1S/C7H9N.2C2H6.2CH4.B/c1-6-3-4-8-5-7(6)2;2*1-2;;;/h3-5H,1-2H3;2*1-2H3;2*1H4;. The molecular weight excluding hydrogens is 181 g/mol. The number of hydrogen-bond donors (Lipinski definition) is 0. The molecule has 0 unspecified atom stereocenters. The van der Waals surface area contributed by atoms with Gasteiger partial charge in [0.15, 0.2) is 0 Å². The van der Waals surface area contributed by atoms with Crippen molar-refractivity contribution in [1.29, 1.82) is 0 Å². The molecule has 0 bridgehead atoms. The van der Waals surface area contributed by atoms with E-state index in [9.17, 15) is 0 Å². The van der Waals surface area contributed by atoms with Crippen molar-refractivity contribution in [2.24, 2.45) is 0 Å². The molecule has 0 N–H and O–H groups in total. The van der Waals surface area contributed by atoms with Gasteiger partial charge in [0.1, 0.15) is 0 Å². The van der Waals surface area contributed by atoms with E-state index in [1.54, 1.807) is 0 Å². The Labute approximate surface area is 99.9 Å². The first-order chi connectivity index (χ1) is 5.80. The summed E-state index contributed by atoms with van der Waals surface area (Å²) in [7, 11) is 0. The normalized spacial score (nSPS) is 5.73. The van der Waals surface area contributed by atoms with Crippen LogP contribution in [0.2, 0.25) is 0 Å². The maximum atomic E-state index is 3.95. The Morgan fingerprint density at radius 3 is 1.47 bits per heavy atom. The second kappa shape index (κ2) is 23.2. The topological polar surface area (TPSA) is 12.9 Å². The van der Waals surface area contributed by atoms with Crippen molar-refractivity contribution in [3.8, 4) is 0 Å². The quantitative estimate of drug-likeness (QED) is 0.568. The van der Waals surface area contributed by atoms with Crippen LogP contribution in [0.5, 0.6) is 0 Å². The van der Waals surface area contributed by atoms with Crippen LogP contribution >= 0.6 is 0 Å². The van der Waals surface area contributed by atoms with Crippen molar-refractivity contribution in [2.75, 3.05) is 0 Å². The van der Waals surface area contributed by atoms with Crippen LogP contribution in [-0.2, 0) is 0 Å². The third kappa shape index (κ3) is 15.9. The van der Waals surface area contributed by atoms with E-state index in [1.807, 2.05) is 46.2 Å². The number of hydrogen-bond acceptors (Lipinski definition) is 1. The minimum Gasteiger partial charge on any atom is -0.264 e. The van der Waals surface area contributed by atoms with E-state index >= 15 is 0 Å². The second-order valence-electron chi connectivity index (χ2n) is 1.96. The van der Waals surface area contributed by atoms with Crippen molar-refractivity contribution < 1.29 is 0 Å². The van der Waals surface area contributed by atoms with Gasteiger partial charge in [-0.25, -0.2) is 0 Å². The van der Waals surface area contributed by atoms with Crippen molar-refractivity contribution in [3.05, 3.63) is 29.6 Å². The first-order valence-corrected chi connectivity index (χ1v) is 4.68. The van der Waals surface area contributed by atoms with Crippen LogP contribution in [0.15, 0.2) is 18.5 Å². The highest BCUT2D eigenvalue weighted by molar-refractivity contribution is 5.75. The summed E-state index contributed by atoms with van der Waals surface area (Å²) in [6.45, 7) is 12.1. The smallest absolute Gasteiger partial charge is 0.0299 e. The van der Waals surface area contributed by atoms with E-state index in [0.29, 0.717) is 0 Å². The third-order valence-electron chi connectivity index (χ3n) is 1.30. The Morgan fingerprint density at radius 2 is 1.27 bits per heavy atom. The van der Waals surface area contributed by atoms with Crippen LogP contribution in [0.4, 0.5) is 0 Å². The van der Waals surface area contributed by atoms with E-state index in [1.165, 1.54) is 11.1 Å². The summed E-state index contributed by atoms with van der Waals surface area (Å²) in [5, 5.41) is 0. The SMILES string of the molecule is C.C.CC.CC.Cc1ccncc1C.[B]. The van der Waals surface area contributed by atoms with Gasteiger partial charge in [-0.2, -0.15) is 0 Å². The first-order valence-electron chi connectivity index (χ1n) is 4.68. The Balaban J connectivity index is -0.0000000432. The second-order valence-corrected chi connectivity index (χ2v) is 1.96. The molecule has 0 saturated carbocycles. The van der Waals surface area contributed by atoms with Crippen molar-refractivity contribution >= 4 is 8.41 Å². The van der Waals surface area contributed by atoms with Crippen LogP contribution in [0.3, 0.4) is 0 Å². The number of pyridine rings is 1. The molecule has 0 aromatic carbocycles. The fraction of sp³-hybridized carbons (Fsp3) is 0.615. The number of aryl methyl sites for hydroxylation is 2. The molecular formula is C13H29BN. The third-order valence-corrected chi connectivity index (χ3v) is 1.30. The van der Waals surface area contributed by atoms with Crippen LogP contribution < -0.4 is 0 Å². The van der Waals surface area contributed by atoms with E-state index in [-0.39, 0.29) is 23.3 Å². The molecule has 0 aliphatic carbocycles. The Kier molecular flexibility index (Phi) is 45.3. The van der Waals surface area contributed by atoms with Crippen molar-refractivity contribution in [1.82, 2.24) is 4.98 Å². The monoisotopic (exact) mass is 210 g/mol. The number of aromatic nitrogens is 1. The molecule has 0 aliphatic heterocycles. The molecule has 89 valence electrons. The Hall–Kier alpha value is -0.785. The fourth-order valence-electron chi connectivity index (χ4n) is 0.543. The van der Waals surface area contributed by atoms with Gasteiger partial charge in [-0.1, -0.05) is 42.5 Å². The highest BCUT2D eigenvalue weighted by atomic mass is 14.6. The highest BCUT2D eigenvalue weighted by Gasteiger charge is 1.84. The number of rotatable bonds is 0. The van der Waals surface area contributed by atoms with Crippen LogP contribution in [0, 0.1) is 13.8 Å². The van der Waals surface area contributed by atoms with Gasteiger partial charge in [0, 0.05) is 20.8 Å². The van der Waals surface area contributed by atoms with Crippen LogP contribution in [0.1, 0.15) is 53.7 Å². The fourth-order valence-corrected chi connectivity index (χ4v) is 0.543. The molecule has 1 heterocycles.